The molecule has 1 saturated carbocycles. The summed E-state index contributed by atoms with van der Waals surface area (Å²) in [5.74, 6) is 0. The van der Waals surface area contributed by atoms with Crippen LogP contribution in [0.3, 0.4) is 0 Å². The standard InChI is InChI=1S/C13H17N3O4/c1-2-5-13(6-7-13)9-14-11-4-3-10(15(17)18)8-12(11)16(19)20/h3-4,8,14H,2,5-7,9H2,1H3. The van der Waals surface area contributed by atoms with E-state index < -0.39 is 9.85 Å². The number of hydrogen-bond acceptors (Lipinski definition) is 5. The second-order valence-electron chi connectivity index (χ2n) is 5.32. The minimum Gasteiger partial charge on any atom is -0.379 e. The van der Waals surface area contributed by atoms with Crippen molar-refractivity contribution in [3.05, 3.63) is 38.4 Å². The normalized spacial score (nSPS) is 15.7. The number of hydrogen-bond donors (Lipinski definition) is 1. The quantitative estimate of drug-likeness (QED) is 0.608. The van der Waals surface area contributed by atoms with Gasteiger partial charge in [0.05, 0.1) is 15.9 Å². The van der Waals surface area contributed by atoms with E-state index in [2.05, 4.69) is 12.2 Å². The highest BCUT2D eigenvalue weighted by atomic mass is 16.6. The first kappa shape index (κ1) is 14.2. The number of benzene rings is 1. The Morgan fingerprint density at radius 3 is 2.45 bits per heavy atom. The molecule has 1 aromatic carbocycles. The molecule has 1 N–H and O–H groups in total. The predicted molar refractivity (Wildman–Crippen MR) is 74.8 cm³/mol. The summed E-state index contributed by atoms with van der Waals surface area (Å²) in [6.07, 6.45) is 4.45. The van der Waals surface area contributed by atoms with Gasteiger partial charge in [0.25, 0.3) is 11.4 Å². The van der Waals surface area contributed by atoms with Gasteiger partial charge in [-0.15, -0.1) is 0 Å². The van der Waals surface area contributed by atoms with Crippen LogP contribution in [0.25, 0.3) is 0 Å². The van der Waals surface area contributed by atoms with Crippen LogP contribution in [0.15, 0.2) is 18.2 Å². The Kier molecular flexibility index (Phi) is 3.87. The van der Waals surface area contributed by atoms with Crippen LogP contribution >= 0.6 is 0 Å². The molecule has 0 spiro atoms. The minimum absolute atomic E-state index is 0.244. The first-order chi connectivity index (χ1) is 9.47. The molecule has 0 bridgehead atoms. The fourth-order valence-corrected chi connectivity index (χ4v) is 2.44. The first-order valence-electron chi connectivity index (χ1n) is 6.64. The largest absolute Gasteiger partial charge is 0.379 e. The highest BCUT2D eigenvalue weighted by molar-refractivity contribution is 5.65. The topological polar surface area (TPSA) is 98.3 Å². The molecule has 7 nitrogen and oxygen atoms in total. The molecule has 7 heteroatoms. The monoisotopic (exact) mass is 279 g/mol. The molecule has 1 aliphatic carbocycles. The molecule has 0 aliphatic heterocycles. The molecule has 0 radical (unpaired) electrons. The Morgan fingerprint density at radius 1 is 1.25 bits per heavy atom. The highest BCUT2D eigenvalue weighted by Gasteiger charge is 2.41. The van der Waals surface area contributed by atoms with Gasteiger partial charge < -0.3 is 5.32 Å². The SMILES string of the molecule is CCCC1(CNc2ccc([N+](=O)[O-])cc2[N+](=O)[O-])CC1. The Labute approximate surface area is 116 Å². The third-order valence-corrected chi connectivity index (χ3v) is 3.78. The summed E-state index contributed by atoms with van der Waals surface area (Å²) in [7, 11) is 0. The summed E-state index contributed by atoms with van der Waals surface area (Å²) >= 11 is 0. The number of anilines is 1. The van der Waals surface area contributed by atoms with Gasteiger partial charge in [-0.3, -0.25) is 20.2 Å². The lowest BCUT2D eigenvalue weighted by molar-refractivity contribution is -0.393. The fourth-order valence-electron chi connectivity index (χ4n) is 2.44. The van der Waals surface area contributed by atoms with E-state index in [0.717, 1.165) is 31.7 Å². The van der Waals surface area contributed by atoms with Crippen LogP contribution < -0.4 is 5.32 Å². The summed E-state index contributed by atoms with van der Waals surface area (Å²) < 4.78 is 0. The summed E-state index contributed by atoms with van der Waals surface area (Å²) in [6, 6.07) is 3.70. The summed E-state index contributed by atoms with van der Waals surface area (Å²) in [6.45, 7) is 2.80. The van der Waals surface area contributed by atoms with Crippen LogP contribution in [0, 0.1) is 25.6 Å². The van der Waals surface area contributed by atoms with E-state index in [9.17, 15) is 20.2 Å². The summed E-state index contributed by atoms with van der Waals surface area (Å²) in [4.78, 5) is 20.4. The number of nitrogens with one attached hydrogen (secondary N) is 1. The third kappa shape index (κ3) is 3.04. The van der Waals surface area contributed by atoms with E-state index in [1.165, 1.54) is 12.1 Å². The number of non-ortho nitro benzene ring substituents is 1. The van der Waals surface area contributed by atoms with E-state index in [1.807, 2.05) is 0 Å². The van der Waals surface area contributed by atoms with Crippen molar-refractivity contribution in [1.82, 2.24) is 0 Å². The van der Waals surface area contributed by atoms with Crippen LogP contribution in [0.4, 0.5) is 17.1 Å². The lowest BCUT2D eigenvalue weighted by atomic mass is 10.0. The second-order valence-corrected chi connectivity index (χ2v) is 5.32. The van der Waals surface area contributed by atoms with Gasteiger partial charge in [-0.25, -0.2) is 0 Å². The van der Waals surface area contributed by atoms with Gasteiger partial charge in [-0.1, -0.05) is 13.3 Å². The molecule has 0 unspecified atom stereocenters. The van der Waals surface area contributed by atoms with Crippen molar-refractivity contribution in [2.75, 3.05) is 11.9 Å². The van der Waals surface area contributed by atoms with Crippen molar-refractivity contribution in [2.24, 2.45) is 5.41 Å². The maximum Gasteiger partial charge on any atom is 0.299 e. The second kappa shape index (κ2) is 5.44. The Balaban J connectivity index is 2.15. The van der Waals surface area contributed by atoms with Crippen molar-refractivity contribution in [3.8, 4) is 0 Å². The van der Waals surface area contributed by atoms with Crippen molar-refractivity contribution in [3.63, 3.8) is 0 Å². The van der Waals surface area contributed by atoms with Gasteiger partial charge in [-0.2, -0.15) is 0 Å². The maximum atomic E-state index is 11.0. The Morgan fingerprint density at radius 2 is 1.95 bits per heavy atom. The molecule has 0 heterocycles. The zero-order chi connectivity index (χ0) is 14.8. The van der Waals surface area contributed by atoms with Crippen LogP contribution in [0.2, 0.25) is 0 Å². The van der Waals surface area contributed by atoms with Crippen LogP contribution in [0.5, 0.6) is 0 Å². The smallest absolute Gasteiger partial charge is 0.299 e. The number of nitrogens with zero attached hydrogens (tertiary/aromatic N) is 2. The fraction of sp³-hybridized carbons (Fsp3) is 0.538. The number of nitro benzene ring substituents is 2. The minimum atomic E-state index is -0.629. The van der Waals surface area contributed by atoms with Crippen molar-refractivity contribution in [1.29, 1.82) is 0 Å². The lowest BCUT2D eigenvalue weighted by Gasteiger charge is -2.15. The highest BCUT2D eigenvalue weighted by Crippen LogP contribution is 2.49. The Bertz CT molecular complexity index is 540. The summed E-state index contributed by atoms with van der Waals surface area (Å²) in [5.41, 5.74) is 0.0936. The molecule has 0 amide bonds. The van der Waals surface area contributed by atoms with Crippen LogP contribution in [-0.4, -0.2) is 16.4 Å². The van der Waals surface area contributed by atoms with Gasteiger partial charge in [0.15, 0.2) is 0 Å². The first-order valence-corrected chi connectivity index (χ1v) is 6.64. The number of rotatable bonds is 7. The number of nitro groups is 2. The van der Waals surface area contributed by atoms with Crippen LogP contribution in [0.1, 0.15) is 32.6 Å². The zero-order valence-corrected chi connectivity index (χ0v) is 11.3. The Hall–Kier alpha value is -2.18. The molecule has 2 rings (SSSR count). The van der Waals surface area contributed by atoms with Gasteiger partial charge in [0.2, 0.25) is 0 Å². The molecular formula is C13H17N3O4. The third-order valence-electron chi connectivity index (χ3n) is 3.78. The molecule has 1 fully saturated rings. The van der Waals surface area contributed by atoms with Crippen molar-refractivity contribution in [2.45, 2.75) is 32.6 Å². The molecule has 0 saturated heterocycles. The average molecular weight is 279 g/mol. The lowest BCUT2D eigenvalue weighted by Crippen LogP contribution is -2.16. The van der Waals surface area contributed by atoms with E-state index in [-0.39, 0.29) is 16.8 Å². The van der Waals surface area contributed by atoms with E-state index in [1.54, 1.807) is 0 Å². The van der Waals surface area contributed by atoms with Crippen molar-refractivity contribution < 1.29 is 9.85 Å². The molecule has 1 aliphatic rings. The van der Waals surface area contributed by atoms with E-state index in [4.69, 9.17) is 0 Å². The predicted octanol–water partition coefficient (Wildman–Crippen LogP) is 3.50. The van der Waals surface area contributed by atoms with Gasteiger partial charge in [-0.05, 0) is 30.7 Å². The molecule has 1 aromatic rings. The molecule has 20 heavy (non-hydrogen) atoms. The van der Waals surface area contributed by atoms with Crippen molar-refractivity contribution >= 4 is 17.1 Å². The summed E-state index contributed by atoms with van der Waals surface area (Å²) in [5, 5.41) is 24.8. The van der Waals surface area contributed by atoms with Crippen LogP contribution in [-0.2, 0) is 0 Å². The van der Waals surface area contributed by atoms with E-state index >= 15 is 0 Å². The van der Waals surface area contributed by atoms with Gasteiger partial charge in [0, 0.05) is 12.6 Å². The molecule has 108 valence electrons. The van der Waals surface area contributed by atoms with Gasteiger partial charge in [0.1, 0.15) is 5.69 Å². The molecule has 0 aromatic heterocycles. The average Bonchev–Trinajstić information content (AvgIpc) is 3.16. The zero-order valence-electron chi connectivity index (χ0n) is 11.3. The van der Waals surface area contributed by atoms with Gasteiger partial charge >= 0.3 is 0 Å². The maximum absolute atomic E-state index is 11.0. The molecular weight excluding hydrogens is 262 g/mol. The van der Waals surface area contributed by atoms with E-state index in [0.29, 0.717) is 12.2 Å². The molecule has 0 atom stereocenters.